The lowest BCUT2D eigenvalue weighted by molar-refractivity contribution is -0.151. The van der Waals surface area contributed by atoms with Crippen molar-refractivity contribution in [3.8, 4) is 5.75 Å². The molecule has 0 bridgehead atoms. The summed E-state index contributed by atoms with van der Waals surface area (Å²) in [4.78, 5) is 34.5. The van der Waals surface area contributed by atoms with E-state index in [-0.39, 0.29) is 12.2 Å². The first kappa shape index (κ1) is 18.3. The van der Waals surface area contributed by atoms with Crippen molar-refractivity contribution in [2.45, 2.75) is 18.6 Å². The number of hydrogen-bond acceptors (Lipinski definition) is 6. The summed E-state index contributed by atoms with van der Waals surface area (Å²) in [6.45, 7) is 0. The average molecular weight is 343 g/mol. The van der Waals surface area contributed by atoms with Gasteiger partial charge in [-0.3, -0.25) is 9.59 Å². The Hall–Kier alpha value is -3.03. The molecule has 130 valence electrons. The lowest BCUT2D eigenvalue weighted by Gasteiger charge is -2.10. The highest BCUT2D eigenvalue weighted by atomic mass is 16.5. The standard InChI is InChI=1S/C18H17NO6/c19-14(17(22)23)10-11-6-8-13(9-7-11)25-18(24)16(21)15(20)12-4-2-1-3-5-12/h1-9,14-15,20H,10,19H2,(H,22,23)/t14-,15?/m0/s1. The summed E-state index contributed by atoms with van der Waals surface area (Å²) in [5.74, 6) is -3.28. The molecule has 0 aliphatic heterocycles. The second kappa shape index (κ2) is 8.18. The Labute approximate surface area is 143 Å². The topological polar surface area (TPSA) is 127 Å². The van der Waals surface area contributed by atoms with Gasteiger partial charge in [0.2, 0.25) is 0 Å². The highest BCUT2D eigenvalue weighted by molar-refractivity contribution is 6.35. The second-order valence-electron chi connectivity index (χ2n) is 5.36. The molecule has 0 spiro atoms. The fourth-order valence-electron chi connectivity index (χ4n) is 2.09. The van der Waals surface area contributed by atoms with Crippen LogP contribution in [0.1, 0.15) is 17.2 Å². The van der Waals surface area contributed by atoms with Crippen molar-refractivity contribution in [2.24, 2.45) is 5.73 Å². The van der Waals surface area contributed by atoms with E-state index in [4.69, 9.17) is 15.6 Å². The molecule has 2 aromatic rings. The van der Waals surface area contributed by atoms with Gasteiger partial charge < -0.3 is 20.7 Å². The Morgan fingerprint density at radius 1 is 1.00 bits per heavy atom. The molecule has 1 unspecified atom stereocenters. The van der Waals surface area contributed by atoms with E-state index in [2.05, 4.69) is 0 Å². The van der Waals surface area contributed by atoms with Gasteiger partial charge in [-0.2, -0.15) is 0 Å². The van der Waals surface area contributed by atoms with E-state index in [1.165, 1.54) is 24.3 Å². The molecule has 0 heterocycles. The van der Waals surface area contributed by atoms with Crippen molar-refractivity contribution >= 4 is 17.7 Å². The largest absolute Gasteiger partial charge is 0.480 e. The van der Waals surface area contributed by atoms with Crippen LogP contribution in [-0.2, 0) is 20.8 Å². The van der Waals surface area contributed by atoms with Crippen molar-refractivity contribution in [3.63, 3.8) is 0 Å². The predicted molar refractivity (Wildman–Crippen MR) is 87.8 cm³/mol. The molecule has 2 atom stereocenters. The quantitative estimate of drug-likeness (QED) is 0.386. The Balaban J connectivity index is 1.98. The normalized spacial score (nSPS) is 12.9. The molecular weight excluding hydrogens is 326 g/mol. The molecule has 7 heteroatoms. The number of ether oxygens (including phenoxy) is 1. The number of aliphatic hydroxyl groups is 1. The van der Waals surface area contributed by atoms with E-state index < -0.39 is 29.9 Å². The molecule has 0 aliphatic carbocycles. The molecule has 0 fully saturated rings. The van der Waals surface area contributed by atoms with Gasteiger partial charge in [0.05, 0.1) is 0 Å². The number of hydrogen-bond donors (Lipinski definition) is 3. The van der Waals surface area contributed by atoms with Gasteiger partial charge in [0, 0.05) is 0 Å². The predicted octanol–water partition coefficient (Wildman–Crippen LogP) is 0.849. The van der Waals surface area contributed by atoms with Crippen LogP contribution in [-0.4, -0.2) is 34.0 Å². The van der Waals surface area contributed by atoms with E-state index in [0.717, 1.165) is 0 Å². The number of carbonyl (C=O) groups is 3. The van der Waals surface area contributed by atoms with Gasteiger partial charge in [-0.05, 0) is 29.7 Å². The van der Waals surface area contributed by atoms with Crippen LogP contribution in [0, 0.1) is 0 Å². The number of carboxylic acid groups (broad SMARTS) is 1. The fourth-order valence-corrected chi connectivity index (χ4v) is 2.09. The molecule has 4 N–H and O–H groups in total. The zero-order chi connectivity index (χ0) is 18.4. The summed E-state index contributed by atoms with van der Waals surface area (Å²) in [6, 6.07) is 12.9. The first-order valence-corrected chi connectivity index (χ1v) is 7.45. The Bertz CT molecular complexity index is 757. The van der Waals surface area contributed by atoms with Gasteiger partial charge >= 0.3 is 11.9 Å². The van der Waals surface area contributed by atoms with Gasteiger partial charge in [-0.15, -0.1) is 0 Å². The number of Topliss-reactive ketones (excluding diaryl/α,β-unsaturated/α-hetero) is 1. The fraction of sp³-hybridized carbons (Fsp3) is 0.167. The molecule has 0 radical (unpaired) electrons. The molecule has 0 aliphatic rings. The average Bonchev–Trinajstić information content (AvgIpc) is 2.62. The molecule has 0 aromatic heterocycles. The van der Waals surface area contributed by atoms with Crippen molar-refractivity contribution in [1.29, 1.82) is 0 Å². The number of rotatable bonds is 7. The second-order valence-corrected chi connectivity index (χ2v) is 5.36. The first-order valence-electron chi connectivity index (χ1n) is 7.45. The maximum Gasteiger partial charge on any atom is 0.383 e. The molecule has 7 nitrogen and oxygen atoms in total. The molecular formula is C18H17NO6. The Kier molecular flexibility index (Phi) is 5.99. The number of esters is 1. The van der Waals surface area contributed by atoms with Crippen LogP contribution in [0.15, 0.2) is 54.6 Å². The summed E-state index contributed by atoms with van der Waals surface area (Å²) in [5, 5.41) is 18.7. The van der Waals surface area contributed by atoms with Gasteiger partial charge in [-0.1, -0.05) is 42.5 Å². The first-order chi connectivity index (χ1) is 11.9. The number of benzene rings is 2. The van der Waals surface area contributed by atoms with Crippen LogP contribution in [0.3, 0.4) is 0 Å². The van der Waals surface area contributed by atoms with Gasteiger partial charge in [-0.25, -0.2) is 4.79 Å². The maximum atomic E-state index is 11.9. The number of aliphatic hydroxyl groups excluding tert-OH is 1. The van der Waals surface area contributed by atoms with Crippen LogP contribution in [0.2, 0.25) is 0 Å². The summed E-state index contributed by atoms with van der Waals surface area (Å²) in [5.41, 5.74) is 6.38. The zero-order valence-electron chi connectivity index (χ0n) is 13.2. The van der Waals surface area contributed by atoms with Crippen LogP contribution in [0.5, 0.6) is 5.75 Å². The lowest BCUT2D eigenvalue weighted by Crippen LogP contribution is -2.32. The minimum atomic E-state index is -1.60. The van der Waals surface area contributed by atoms with Gasteiger partial charge in [0.25, 0.3) is 5.78 Å². The van der Waals surface area contributed by atoms with E-state index >= 15 is 0 Å². The molecule has 2 aromatic carbocycles. The molecule has 25 heavy (non-hydrogen) atoms. The number of carboxylic acids is 1. The number of carbonyl (C=O) groups excluding carboxylic acids is 2. The lowest BCUT2D eigenvalue weighted by atomic mass is 10.1. The minimum Gasteiger partial charge on any atom is -0.480 e. The molecule has 0 saturated carbocycles. The summed E-state index contributed by atoms with van der Waals surface area (Å²) in [6.07, 6.45) is -1.48. The van der Waals surface area contributed by atoms with E-state index in [1.54, 1.807) is 30.3 Å². The van der Waals surface area contributed by atoms with Crippen molar-refractivity contribution in [1.82, 2.24) is 0 Å². The van der Waals surface area contributed by atoms with Gasteiger partial charge in [0.1, 0.15) is 17.9 Å². The monoisotopic (exact) mass is 343 g/mol. The Morgan fingerprint density at radius 2 is 1.60 bits per heavy atom. The van der Waals surface area contributed by atoms with Crippen molar-refractivity contribution in [2.75, 3.05) is 0 Å². The third kappa shape index (κ3) is 4.97. The smallest absolute Gasteiger partial charge is 0.383 e. The maximum absolute atomic E-state index is 11.9. The number of ketones is 1. The van der Waals surface area contributed by atoms with Crippen LogP contribution >= 0.6 is 0 Å². The van der Waals surface area contributed by atoms with E-state index in [9.17, 15) is 19.5 Å². The molecule has 0 saturated heterocycles. The highest BCUT2D eigenvalue weighted by Gasteiger charge is 2.26. The van der Waals surface area contributed by atoms with Crippen LogP contribution in [0.4, 0.5) is 0 Å². The van der Waals surface area contributed by atoms with E-state index in [0.29, 0.717) is 11.1 Å². The summed E-state index contributed by atoms with van der Waals surface area (Å²) < 4.78 is 4.93. The number of aliphatic carboxylic acids is 1. The number of nitrogens with two attached hydrogens (primary N) is 1. The Morgan fingerprint density at radius 3 is 2.16 bits per heavy atom. The van der Waals surface area contributed by atoms with Crippen LogP contribution in [0.25, 0.3) is 0 Å². The minimum absolute atomic E-state index is 0.103. The zero-order valence-corrected chi connectivity index (χ0v) is 13.2. The SMILES string of the molecule is N[C@@H](Cc1ccc(OC(=O)C(=O)C(O)c2ccccc2)cc1)C(=O)O. The van der Waals surface area contributed by atoms with Crippen molar-refractivity contribution in [3.05, 3.63) is 65.7 Å². The molecule has 0 amide bonds. The van der Waals surface area contributed by atoms with E-state index in [1.807, 2.05) is 0 Å². The molecule has 2 rings (SSSR count). The van der Waals surface area contributed by atoms with Gasteiger partial charge in [0.15, 0.2) is 0 Å². The third-order valence-corrected chi connectivity index (χ3v) is 3.47. The third-order valence-electron chi connectivity index (χ3n) is 3.47. The highest BCUT2D eigenvalue weighted by Crippen LogP contribution is 2.17. The summed E-state index contributed by atoms with van der Waals surface area (Å²) in [7, 11) is 0. The van der Waals surface area contributed by atoms with Crippen LogP contribution < -0.4 is 10.5 Å². The van der Waals surface area contributed by atoms with Crippen molar-refractivity contribution < 1.29 is 29.3 Å². The summed E-state index contributed by atoms with van der Waals surface area (Å²) >= 11 is 0.